The SMILES string of the molecule is CC#CCCOc1ccc(F)cc1[C@@H](C)N. The smallest absolute Gasteiger partial charge is 0.124 e. The number of benzene rings is 1. The van der Waals surface area contributed by atoms with Crippen LogP contribution in [0, 0.1) is 17.7 Å². The first-order chi connectivity index (χ1) is 7.65. The molecular weight excluding hydrogens is 205 g/mol. The third-order valence-corrected chi connectivity index (χ3v) is 2.12. The van der Waals surface area contributed by atoms with Crippen LogP contribution >= 0.6 is 0 Å². The highest BCUT2D eigenvalue weighted by Gasteiger charge is 2.09. The largest absolute Gasteiger partial charge is 0.492 e. The lowest BCUT2D eigenvalue weighted by Gasteiger charge is -2.13. The summed E-state index contributed by atoms with van der Waals surface area (Å²) < 4.78 is 18.5. The molecule has 0 heterocycles. The van der Waals surface area contributed by atoms with Crippen molar-refractivity contribution in [3.05, 3.63) is 29.6 Å². The van der Waals surface area contributed by atoms with Crippen LogP contribution in [0.25, 0.3) is 0 Å². The van der Waals surface area contributed by atoms with Gasteiger partial charge < -0.3 is 10.5 Å². The van der Waals surface area contributed by atoms with E-state index in [4.69, 9.17) is 10.5 Å². The number of nitrogens with two attached hydrogens (primary N) is 1. The van der Waals surface area contributed by atoms with Gasteiger partial charge in [0.05, 0.1) is 6.61 Å². The lowest BCUT2D eigenvalue weighted by atomic mass is 10.1. The summed E-state index contributed by atoms with van der Waals surface area (Å²) >= 11 is 0. The van der Waals surface area contributed by atoms with Crippen LogP contribution in [0.2, 0.25) is 0 Å². The molecule has 16 heavy (non-hydrogen) atoms. The Morgan fingerprint density at radius 1 is 1.50 bits per heavy atom. The molecular formula is C13H16FNO. The van der Waals surface area contributed by atoms with Gasteiger partial charge in [-0.05, 0) is 32.0 Å². The Morgan fingerprint density at radius 2 is 2.25 bits per heavy atom. The van der Waals surface area contributed by atoms with Gasteiger partial charge in [-0.25, -0.2) is 4.39 Å². The average molecular weight is 221 g/mol. The van der Waals surface area contributed by atoms with Gasteiger partial charge in [-0.1, -0.05) is 0 Å². The van der Waals surface area contributed by atoms with E-state index >= 15 is 0 Å². The molecule has 0 fully saturated rings. The molecule has 0 saturated carbocycles. The molecule has 0 bridgehead atoms. The van der Waals surface area contributed by atoms with Gasteiger partial charge in [-0.15, -0.1) is 11.8 Å². The van der Waals surface area contributed by atoms with Gasteiger partial charge in [-0.3, -0.25) is 0 Å². The lowest BCUT2D eigenvalue weighted by Crippen LogP contribution is -2.09. The van der Waals surface area contributed by atoms with Crippen LogP contribution in [0.4, 0.5) is 4.39 Å². The molecule has 2 nitrogen and oxygen atoms in total. The van der Waals surface area contributed by atoms with Crippen LogP contribution in [0.3, 0.4) is 0 Å². The monoisotopic (exact) mass is 221 g/mol. The lowest BCUT2D eigenvalue weighted by molar-refractivity contribution is 0.321. The van der Waals surface area contributed by atoms with Crippen molar-refractivity contribution >= 4 is 0 Å². The van der Waals surface area contributed by atoms with Crippen LogP contribution < -0.4 is 10.5 Å². The maximum Gasteiger partial charge on any atom is 0.124 e. The highest BCUT2D eigenvalue weighted by molar-refractivity contribution is 5.36. The highest BCUT2D eigenvalue weighted by Crippen LogP contribution is 2.24. The number of hydrogen-bond acceptors (Lipinski definition) is 2. The van der Waals surface area contributed by atoms with Crippen molar-refractivity contribution in [1.82, 2.24) is 0 Å². The van der Waals surface area contributed by atoms with Crippen molar-refractivity contribution in [2.75, 3.05) is 6.61 Å². The van der Waals surface area contributed by atoms with E-state index in [1.165, 1.54) is 12.1 Å². The van der Waals surface area contributed by atoms with Crippen molar-refractivity contribution in [3.63, 3.8) is 0 Å². The Balaban J connectivity index is 2.73. The van der Waals surface area contributed by atoms with E-state index in [0.29, 0.717) is 24.3 Å². The molecule has 0 spiro atoms. The normalized spacial score (nSPS) is 11.5. The molecule has 0 amide bonds. The maximum atomic E-state index is 13.0. The second kappa shape index (κ2) is 6.14. The first kappa shape index (κ1) is 12.5. The fourth-order valence-corrected chi connectivity index (χ4v) is 1.34. The minimum Gasteiger partial charge on any atom is -0.492 e. The molecule has 0 aliphatic heterocycles. The molecule has 1 aromatic carbocycles. The molecule has 0 aliphatic carbocycles. The Labute approximate surface area is 95.6 Å². The van der Waals surface area contributed by atoms with Crippen LogP contribution in [-0.2, 0) is 0 Å². The summed E-state index contributed by atoms with van der Waals surface area (Å²) in [5, 5.41) is 0. The second-order valence-electron chi connectivity index (χ2n) is 3.50. The number of hydrogen-bond donors (Lipinski definition) is 1. The standard InChI is InChI=1S/C13H16FNO/c1-3-4-5-8-16-13-7-6-11(14)9-12(13)10(2)15/h6-7,9-10H,5,8,15H2,1-2H3/t10-/m1/s1. The molecule has 1 aromatic rings. The number of ether oxygens (including phenoxy) is 1. The summed E-state index contributed by atoms with van der Waals surface area (Å²) in [6, 6.07) is 4.13. The van der Waals surface area contributed by atoms with Gasteiger partial charge in [0.1, 0.15) is 11.6 Å². The van der Waals surface area contributed by atoms with E-state index in [9.17, 15) is 4.39 Å². The van der Waals surface area contributed by atoms with Gasteiger partial charge in [0.25, 0.3) is 0 Å². The van der Waals surface area contributed by atoms with E-state index in [0.717, 1.165) is 0 Å². The van der Waals surface area contributed by atoms with Crippen molar-refractivity contribution in [3.8, 4) is 17.6 Å². The van der Waals surface area contributed by atoms with Crippen molar-refractivity contribution in [2.45, 2.75) is 26.3 Å². The summed E-state index contributed by atoms with van der Waals surface area (Å²) in [4.78, 5) is 0. The molecule has 0 aromatic heterocycles. The van der Waals surface area contributed by atoms with Crippen molar-refractivity contribution in [1.29, 1.82) is 0 Å². The van der Waals surface area contributed by atoms with E-state index in [1.54, 1.807) is 19.9 Å². The first-order valence-electron chi connectivity index (χ1n) is 5.22. The minimum absolute atomic E-state index is 0.247. The minimum atomic E-state index is -0.298. The third-order valence-electron chi connectivity index (χ3n) is 2.12. The van der Waals surface area contributed by atoms with Crippen LogP contribution in [0.5, 0.6) is 5.75 Å². The van der Waals surface area contributed by atoms with Crippen molar-refractivity contribution in [2.24, 2.45) is 5.73 Å². The third kappa shape index (κ3) is 3.56. The van der Waals surface area contributed by atoms with Gasteiger partial charge in [0.2, 0.25) is 0 Å². The quantitative estimate of drug-likeness (QED) is 0.626. The molecule has 3 heteroatoms. The van der Waals surface area contributed by atoms with E-state index in [2.05, 4.69) is 11.8 Å². The fraction of sp³-hybridized carbons (Fsp3) is 0.385. The summed E-state index contributed by atoms with van der Waals surface area (Å²) in [5.74, 6) is 6.02. The summed E-state index contributed by atoms with van der Waals surface area (Å²) in [7, 11) is 0. The molecule has 0 saturated heterocycles. The summed E-state index contributed by atoms with van der Waals surface area (Å²) in [5.41, 5.74) is 6.42. The summed E-state index contributed by atoms with van der Waals surface area (Å²) in [6.45, 7) is 4.07. The predicted octanol–water partition coefficient (Wildman–Crippen LogP) is 2.64. The predicted molar refractivity (Wildman–Crippen MR) is 62.6 cm³/mol. The number of halogens is 1. The van der Waals surface area contributed by atoms with Crippen LogP contribution in [-0.4, -0.2) is 6.61 Å². The number of rotatable bonds is 4. The molecule has 1 atom stereocenters. The Kier molecular flexibility index (Phi) is 4.81. The zero-order chi connectivity index (χ0) is 12.0. The van der Waals surface area contributed by atoms with Crippen LogP contribution in [0.1, 0.15) is 31.9 Å². The average Bonchev–Trinajstić information content (AvgIpc) is 2.26. The molecule has 86 valence electrons. The molecule has 0 unspecified atom stereocenters. The van der Waals surface area contributed by atoms with Crippen LogP contribution in [0.15, 0.2) is 18.2 Å². The Morgan fingerprint density at radius 3 is 2.88 bits per heavy atom. The first-order valence-corrected chi connectivity index (χ1v) is 5.22. The van der Waals surface area contributed by atoms with Gasteiger partial charge >= 0.3 is 0 Å². The molecule has 0 radical (unpaired) electrons. The molecule has 1 rings (SSSR count). The topological polar surface area (TPSA) is 35.2 Å². The van der Waals surface area contributed by atoms with Crippen molar-refractivity contribution < 1.29 is 9.13 Å². The molecule has 0 aliphatic rings. The Hall–Kier alpha value is -1.53. The van der Waals surface area contributed by atoms with Gasteiger partial charge in [0, 0.05) is 18.0 Å². The maximum absolute atomic E-state index is 13.0. The zero-order valence-corrected chi connectivity index (χ0v) is 9.59. The zero-order valence-electron chi connectivity index (χ0n) is 9.59. The molecule has 2 N–H and O–H groups in total. The summed E-state index contributed by atoms with van der Waals surface area (Å²) in [6.07, 6.45) is 0.659. The van der Waals surface area contributed by atoms with E-state index < -0.39 is 0 Å². The van der Waals surface area contributed by atoms with Gasteiger partial charge in [-0.2, -0.15) is 0 Å². The van der Waals surface area contributed by atoms with E-state index in [-0.39, 0.29) is 11.9 Å². The second-order valence-corrected chi connectivity index (χ2v) is 3.50. The van der Waals surface area contributed by atoms with E-state index in [1.807, 2.05) is 0 Å². The fourth-order valence-electron chi connectivity index (χ4n) is 1.34. The van der Waals surface area contributed by atoms with Gasteiger partial charge in [0.15, 0.2) is 0 Å². The highest BCUT2D eigenvalue weighted by atomic mass is 19.1. The Bertz CT molecular complexity index is 404.